The fourth-order valence-corrected chi connectivity index (χ4v) is 2.50. The first kappa shape index (κ1) is 23.3. The van der Waals surface area contributed by atoms with Crippen LogP contribution in [-0.4, -0.2) is 49.6 Å². The molecule has 1 aromatic carbocycles. The average molecular weight is 453 g/mol. The topological polar surface area (TPSA) is 202 Å². The fourth-order valence-electron chi connectivity index (χ4n) is 2.31. The summed E-state index contributed by atoms with van der Waals surface area (Å²) in [5.41, 5.74) is -1.07. The molecule has 0 aliphatic rings. The van der Waals surface area contributed by atoms with Gasteiger partial charge >= 0.3 is 11.9 Å². The van der Waals surface area contributed by atoms with Gasteiger partial charge in [-0.3, -0.25) is 14.9 Å². The molecule has 0 amide bonds. The maximum Gasteiger partial charge on any atom is 0.344 e. The van der Waals surface area contributed by atoms with Crippen molar-refractivity contribution in [3.8, 4) is 5.75 Å². The lowest BCUT2D eigenvalue weighted by Crippen LogP contribution is -2.32. The first-order chi connectivity index (χ1) is 14.6. The Hall–Kier alpha value is -3.97. The van der Waals surface area contributed by atoms with Crippen molar-refractivity contribution in [1.29, 1.82) is 0 Å². The van der Waals surface area contributed by atoms with Gasteiger partial charge in [0.2, 0.25) is 0 Å². The van der Waals surface area contributed by atoms with E-state index in [-0.39, 0.29) is 39.6 Å². The zero-order valence-electron chi connectivity index (χ0n) is 15.6. The number of carbonyl (C=O) groups excluding carboxylic acids is 1. The summed E-state index contributed by atoms with van der Waals surface area (Å²) in [7, 11) is 0. The number of hydrogen-bond acceptors (Lipinski definition) is 10. The van der Waals surface area contributed by atoms with Crippen LogP contribution in [0.3, 0.4) is 0 Å². The Morgan fingerprint density at radius 1 is 1.32 bits per heavy atom. The summed E-state index contributed by atoms with van der Waals surface area (Å²) in [4.78, 5) is 47.6. The molecule has 162 valence electrons. The molecule has 0 radical (unpaired) electrons. The molecule has 0 unspecified atom stereocenters. The zero-order chi connectivity index (χ0) is 23.3. The molecular formula is C17H13ClN4O9. The molecule has 0 aliphatic heterocycles. The van der Waals surface area contributed by atoms with E-state index in [1.54, 1.807) is 0 Å². The third kappa shape index (κ3) is 5.34. The molecule has 0 atom stereocenters. The van der Waals surface area contributed by atoms with Crippen LogP contribution in [0.15, 0.2) is 28.4 Å². The number of carbonyl (C=O) groups is 3. The van der Waals surface area contributed by atoms with Crippen molar-refractivity contribution in [2.75, 3.05) is 0 Å². The van der Waals surface area contributed by atoms with Crippen molar-refractivity contribution < 1.29 is 39.4 Å². The van der Waals surface area contributed by atoms with Gasteiger partial charge in [0.1, 0.15) is 10.8 Å². The minimum atomic E-state index is -2.26. The molecule has 2 aromatic rings. The van der Waals surface area contributed by atoms with Gasteiger partial charge in [0.15, 0.2) is 12.1 Å². The number of hydrogen-bond donors (Lipinski definition) is 3. The van der Waals surface area contributed by atoms with Crippen LogP contribution in [0.2, 0.25) is 5.02 Å². The molecule has 13 nitrogen and oxygen atoms in total. The molecule has 2 rings (SSSR count). The predicted molar refractivity (Wildman–Crippen MR) is 102 cm³/mol. The number of aldehydes is 1. The first-order valence-electron chi connectivity index (χ1n) is 8.17. The van der Waals surface area contributed by atoms with Crippen LogP contribution in [0.4, 0.5) is 17.2 Å². The Bertz CT molecular complexity index is 1090. The van der Waals surface area contributed by atoms with E-state index in [4.69, 9.17) is 26.6 Å². The molecule has 0 aliphatic carbocycles. The standard InChI is InChI=1S/C17H13ClN4O9/c1-7-13(24)9(5-23)10(6-31-14(16(25)26)17(27)28)15(19-7)21-20-8-2-3-11(18)12(4-8)22(29)30/h2-5,14,24H,6H2,1H3,(H,25,26)(H,27,28). The van der Waals surface area contributed by atoms with E-state index in [2.05, 4.69) is 15.2 Å². The van der Waals surface area contributed by atoms with E-state index in [0.29, 0.717) is 0 Å². The molecular weight excluding hydrogens is 440 g/mol. The van der Waals surface area contributed by atoms with Crippen LogP contribution in [0.5, 0.6) is 5.75 Å². The van der Waals surface area contributed by atoms with Gasteiger partial charge in [-0.1, -0.05) is 11.6 Å². The number of aromatic hydroxyl groups is 1. The van der Waals surface area contributed by atoms with Crippen molar-refractivity contribution in [3.05, 3.63) is 50.2 Å². The van der Waals surface area contributed by atoms with Crippen LogP contribution in [-0.2, 0) is 20.9 Å². The number of halogens is 1. The third-order valence-corrected chi connectivity index (χ3v) is 4.13. The molecule has 0 spiro atoms. The third-order valence-electron chi connectivity index (χ3n) is 3.81. The summed E-state index contributed by atoms with van der Waals surface area (Å²) in [6.45, 7) is 0.573. The largest absolute Gasteiger partial charge is 0.505 e. The normalized spacial score (nSPS) is 11.1. The lowest BCUT2D eigenvalue weighted by Gasteiger charge is -2.13. The zero-order valence-corrected chi connectivity index (χ0v) is 16.3. The molecule has 0 fully saturated rings. The van der Waals surface area contributed by atoms with Gasteiger partial charge in [-0.05, 0) is 19.1 Å². The molecule has 1 aromatic heterocycles. The van der Waals surface area contributed by atoms with Crippen molar-refractivity contribution in [2.24, 2.45) is 10.2 Å². The first-order valence-corrected chi connectivity index (χ1v) is 8.55. The molecule has 0 saturated carbocycles. The highest BCUT2D eigenvalue weighted by Crippen LogP contribution is 2.33. The molecule has 3 N–H and O–H groups in total. The molecule has 0 saturated heterocycles. The number of aromatic nitrogens is 1. The van der Waals surface area contributed by atoms with Crippen molar-refractivity contribution in [3.63, 3.8) is 0 Å². The highest BCUT2D eigenvalue weighted by atomic mass is 35.5. The lowest BCUT2D eigenvalue weighted by atomic mass is 10.1. The summed E-state index contributed by atoms with van der Waals surface area (Å²) in [6.07, 6.45) is -2.03. The summed E-state index contributed by atoms with van der Waals surface area (Å²) in [5, 5.41) is 46.3. The van der Waals surface area contributed by atoms with Crippen LogP contribution < -0.4 is 0 Å². The Morgan fingerprint density at radius 3 is 2.52 bits per heavy atom. The van der Waals surface area contributed by atoms with Gasteiger partial charge in [0.25, 0.3) is 11.8 Å². The predicted octanol–water partition coefficient (Wildman–Crippen LogP) is 2.94. The second kappa shape index (κ2) is 9.69. The minimum Gasteiger partial charge on any atom is -0.505 e. The number of nitrogens with zero attached hydrogens (tertiary/aromatic N) is 4. The number of benzene rings is 1. The minimum absolute atomic E-state index is 0.00269. The van der Waals surface area contributed by atoms with Crippen LogP contribution in [0, 0.1) is 17.0 Å². The summed E-state index contributed by atoms with van der Waals surface area (Å²) >= 11 is 5.73. The number of rotatable bonds is 9. The van der Waals surface area contributed by atoms with Crippen molar-refractivity contribution in [1.82, 2.24) is 4.98 Å². The summed E-state index contributed by atoms with van der Waals surface area (Å²) in [6, 6.07) is 3.56. The Labute approximate surface area is 177 Å². The monoisotopic (exact) mass is 452 g/mol. The number of ether oxygens (including phenoxy) is 1. The SMILES string of the molecule is Cc1nc(N=Nc2ccc(Cl)c([N+](=O)[O-])c2)c(COC(C(=O)O)C(=O)O)c(C=O)c1O. The maximum absolute atomic E-state index is 11.5. The number of nitro benzene ring substituents is 1. The fraction of sp³-hybridized carbons (Fsp3) is 0.176. The van der Waals surface area contributed by atoms with Gasteiger partial charge in [-0.25, -0.2) is 14.6 Å². The van der Waals surface area contributed by atoms with E-state index in [9.17, 15) is 29.6 Å². The average Bonchev–Trinajstić information content (AvgIpc) is 2.69. The van der Waals surface area contributed by atoms with Crippen molar-refractivity contribution >= 4 is 47.0 Å². The van der Waals surface area contributed by atoms with Crippen LogP contribution >= 0.6 is 11.6 Å². The Kier molecular flexibility index (Phi) is 7.28. The summed E-state index contributed by atoms with van der Waals surface area (Å²) in [5.74, 6) is -4.43. The molecule has 1 heterocycles. The summed E-state index contributed by atoms with van der Waals surface area (Å²) < 4.78 is 4.83. The van der Waals surface area contributed by atoms with Gasteiger partial charge in [-0.2, -0.15) is 0 Å². The number of carboxylic acid groups (broad SMARTS) is 2. The van der Waals surface area contributed by atoms with E-state index < -0.39 is 41.0 Å². The Morgan fingerprint density at radius 2 is 1.97 bits per heavy atom. The number of aryl methyl sites for hydroxylation is 1. The number of aliphatic carboxylic acids is 2. The second-order valence-corrected chi connectivity index (χ2v) is 6.25. The quantitative estimate of drug-likeness (QED) is 0.167. The van der Waals surface area contributed by atoms with Gasteiger partial charge < -0.3 is 20.1 Å². The van der Waals surface area contributed by atoms with Gasteiger partial charge in [0.05, 0.1) is 28.5 Å². The molecule has 14 heteroatoms. The van der Waals surface area contributed by atoms with Gasteiger partial charge in [0, 0.05) is 11.6 Å². The number of pyridine rings is 1. The highest BCUT2D eigenvalue weighted by molar-refractivity contribution is 6.32. The van der Waals surface area contributed by atoms with E-state index in [0.717, 1.165) is 6.07 Å². The smallest absolute Gasteiger partial charge is 0.344 e. The molecule has 0 bridgehead atoms. The number of nitro groups is 1. The number of carboxylic acids is 2. The van der Waals surface area contributed by atoms with Crippen molar-refractivity contribution in [2.45, 2.75) is 19.6 Å². The number of azo groups is 1. The highest BCUT2D eigenvalue weighted by Gasteiger charge is 2.28. The Balaban J connectivity index is 2.50. The van der Waals surface area contributed by atoms with Crippen LogP contribution in [0.1, 0.15) is 21.6 Å². The lowest BCUT2D eigenvalue weighted by molar-refractivity contribution is -0.384. The second-order valence-electron chi connectivity index (χ2n) is 5.84. The van der Waals surface area contributed by atoms with E-state index in [1.807, 2.05) is 0 Å². The van der Waals surface area contributed by atoms with Crippen LogP contribution in [0.25, 0.3) is 0 Å². The van der Waals surface area contributed by atoms with Gasteiger partial charge in [-0.15, -0.1) is 10.2 Å². The maximum atomic E-state index is 11.5. The molecule has 31 heavy (non-hydrogen) atoms. The van der Waals surface area contributed by atoms with E-state index >= 15 is 0 Å². The van der Waals surface area contributed by atoms with E-state index in [1.165, 1.54) is 19.1 Å².